The third-order valence-corrected chi connectivity index (χ3v) is 6.33. The minimum absolute atomic E-state index is 0.0459. The van der Waals surface area contributed by atoms with E-state index in [1.165, 1.54) is 6.20 Å². The molecule has 2 bridgehead atoms. The minimum atomic E-state index is -0.250. The van der Waals surface area contributed by atoms with Crippen LogP contribution in [0, 0.1) is 0 Å². The molecule has 34 heavy (non-hydrogen) atoms. The van der Waals surface area contributed by atoms with Gasteiger partial charge in [0.1, 0.15) is 0 Å². The van der Waals surface area contributed by atoms with Crippen molar-refractivity contribution >= 4 is 24.2 Å². The van der Waals surface area contributed by atoms with E-state index in [-0.39, 0.29) is 30.2 Å². The van der Waals surface area contributed by atoms with Gasteiger partial charge in [-0.1, -0.05) is 0 Å². The van der Waals surface area contributed by atoms with Gasteiger partial charge in [0.15, 0.2) is 5.69 Å². The van der Waals surface area contributed by atoms with Crippen LogP contribution < -0.4 is 5.32 Å². The Morgan fingerprint density at radius 2 is 1.94 bits per heavy atom. The number of H-pyrrole nitrogens is 1. The molecule has 1 atom stereocenters. The summed E-state index contributed by atoms with van der Waals surface area (Å²) in [5.74, 6) is -0.263. The van der Waals surface area contributed by atoms with E-state index >= 15 is 0 Å². The monoisotopic (exact) mass is 473 g/mol. The summed E-state index contributed by atoms with van der Waals surface area (Å²) < 4.78 is 1.79. The lowest BCUT2D eigenvalue weighted by Crippen LogP contribution is -2.41. The number of hydrogen-bond donors (Lipinski definition) is 3. The Kier molecular flexibility index (Phi) is 8.39. The van der Waals surface area contributed by atoms with Crippen LogP contribution in [0.4, 0.5) is 0 Å². The van der Waals surface area contributed by atoms with Crippen molar-refractivity contribution in [1.82, 2.24) is 35.1 Å². The summed E-state index contributed by atoms with van der Waals surface area (Å²) in [6, 6.07) is 0.0459. The van der Waals surface area contributed by atoms with Crippen LogP contribution in [0.25, 0.3) is 0 Å². The van der Waals surface area contributed by atoms with Gasteiger partial charge in [-0.3, -0.25) is 29.0 Å². The number of carbonyl (C=O) groups excluding carboxylic acids is 3. The van der Waals surface area contributed by atoms with Crippen molar-refractivity contribution < 1.29 is 24.3 Å². The van der Waals surface area contributed by atoms with Gasteiger partial charge < -0.3 is 20.2 Å². The first-order valence-electron chi connectivity index (χ1n) is 11.3. The second-order valence-electron chi connectivity index (χ2n) is 8.40. The van der Waals surface area contributed by atoms with Gasteiger partial charge in [-0.25, -0.2) is 0 Å². The van der Waals surface area contributed by atoms with E-state index in [1.807, 2.05) is 14.1 Å². The molecule has 1 unspecified atom stereocenters. The van der Waals surface area contributed by atoms with Gasteiger partial charge >= 0.3 is 0 Å². The Morgan fingerprint density at radius 3 is 2.65 bits per heavy atom. The highest BCUT2D eigenvalue weighted by atomic mass is 16.3. The van der Waals surface area contributed by atoms with E-state index in [2.05, 4.69) is 20.6 Å². The van der Waals surface area contributed by atoms with Crippen LogP contribution in [0.3, 0.4) is 0 Å². The Labute approximate surface area is 197 Å². The molecule has 0 fully saturated rings. The maximum atomic E-state index is 12.8. The molecule has 0 spiro atoms. The fourth-order valence-corrected chi connectivity index (χ4v) is 4.51. The molecular weight excluding hydrogens is 442 g/mol. The number of rotatable bonds is 1. The van der Waals surface area contributed by atoms with Crippen molar-refractivity contribution in [3.8, 4) is 0 Å². The lowest BCUT2D eigenvalue weighted by atomic mass is 9.90. The number of carboxylic acid groups (broad SMARTS) is 1. The lowest BCUT2D eigenvalue weighted by molar-refractivity contribution is -0.132. The smallest absolute Gasteiger partial charge is 0.290 e. The standard InChI is InChI=1S/C21H29N7O3.CH2O2/c1-26-15-6-7-17-16(11-15)19(25-27(17)2)20(30)22-8-4-10-28(9-3-5-18(26)29)21(31)14-12-23-24-13-14;2-1-3/h12-13,15H,3-11H2,1-2H3,(H,22,30)(H,23,24);1H,(H,2,3). The summed E-state index contributed by atoms with van der Waals surface area (Å²) in [5, 5.41) is 20.8. The summed E-state index contributed by atoms with van der Waals surface area (Å²) in [6.07, 6.45) is 6.93. The Bertz CT molecular complexity index is 1020. The number of aryl methyl sites for hydroxylation is 1. The van der Waals surface area contributed by atoms with Crippen molar-refractivity contribution in [2.45, 2.75) is 44.6 Å². The molecule has 4 rings (SSSR count). The van der Waals surface area contributed by atoms with Crippen molar-refractivity contribution in [2.24, 2.45) is 7.05 Å². The second-order valence-corrected chi connectivity index (χ2v) is 8.40. The minimum Gasteiger partial charge on any atom is -0.483 e. The van der Waals surface area contributed by atoms with Crippen LogP contribution in [0.5, 0.6) is 0 Å². The zero-order valence-electron chi connectivity index (χ0n) is 19.5. The van der Waals surface area contributed by atoms with Crippen molar-refractivity contribution in [3.05, 3.63) is 34.9 Å². The van der Waals surface area contributed by atoms with Gasteiger partial charge in [-0.2, -0.15) is 10.2 Å². The predicted octanol–water partition coefficient (Wildman–Crippen LogP) is 0.216. The van der Waals surface area contributed by atoms with Crippen LogP contribution >= 0.6 is 0 Å². The summed E-state index contributed by atoms with van der Waals surface area (Å²) in [4.78, 5) is 50.4. The summed E-state index contributed by atoms with van der Waals surface area (Å²) in [6.45, 7) is 1.16. The Morgan fingerprint density at radius 1 is 1.21 bits per heavy atom. The van der Waals surface area contributed by atoms with Crippen LogP contribution in [0.2, 0.25) is 0 Å². The van der Waals surface area contributed by atoms with Gasteiger partial charge in [0, 0.05) is 63.6 Å². The molecule has 3 N–H and O–H groups in total. The number of carbonyl (C=O) groups is 4. The van der Waals surface area contributed by atoms with E-state index in [0.717, 1.165) is 24.1 Å². The average molecular weight is 474 g/mol. The number of aromatic amines is 1. The maximum Gasteiger partial charge on any atom is 0.290 e. The lowest BCUT2D eigenvalue weighted by Gasteiger charge is -2.32. The number of nitrogens with one attached hydrogen (secondary N) is 2. The Hall–Kier alpha value is -3.70. The molecule has 0 radical (unpaired) electrons. The zero-order valence-corrected chi connectivity index (χ0v) is 19.5. The maximum absolute atomic E-state index is 12.8. The van der Waals surface area contributed by atoms with E-state index in [4.69, 9.17) is 9.90 Å². The molecule has 0 saturated carbocycles. The normalized spacial score (nSPS) is 19.3. The summed E-state index contributed by atoms with van der Waals surface area (Å²) in [7, 11) is 3.70. The molecule has 12 heteroatoms. The molecule has 0 aromatic carbocycles. The quantitative estimate of drug-likeness (QED) is 0.501. The molecule has 1 aliphatic carbocycles. The molecule has 2 aromatic rings. The number of hydrogen-bond acceptors (Lipinski definition) is 6. The fourth-order valence-electron chi connectivity index (χ4n) is 4.51. The summed E-state index contributed by atoms with van der Waals surface area (Å²) >= 11 is 0. The van der Waals surface area contributed by atoms with Gasteiger partial charge in [0.05, 0.1) is 11.8 Å². The third-order valence-electron chi connectivity index (χ3n) is 6.33. The van der Waals surface area contributed by atoms with E-state index in [9.17, 15) is 14.4 Å². The van der Waals surface area contributed by atoms with Gasteiger partial charge in [-0.15, -0.1) is 0 Å². The van der Waals surface area contributed by atoms with Gasteiger partial charge in [0.25, 0.3) is 18.3 Å². The summed E-state index contributed by atoms with van der Waals surface area (Å²) in [5.41, 5.74) is 2.96. The van der Waals surface area contributed by atoms with E-state index in [1.54, 1.807) is 20.7 Å². The van der Waals surface area contributed by atoms with Crippen LogP contribution in [0.1, 0.15) is 57.8 Å². The molecule has 3 heterocycles. The second kappa shape index (κ2) is 11.4. The highest BCUT2D eigenvalue weighted by molar-refractivity contribution is 5.94. The highest BCUT2D eigenvalue weighted by Gasteiger charge is 2.31. The van der Waals surface area contributed by atoms with Crippen LogP contribution in [-0.2, 0) is 29.5 Å². The first-order chi connectivity index (χ1) is 16.4. The van der Waals surface area contributed by atoms with Crippen LogP contribution in [0.15, 0.2) is 12.4 Å². The molecule has 1 aliphatic heterocycles. The van der Waals surface area contributed by atoms with Crippen molar-refractivity contribution in [1.29, 1.82) is 0 Å². The molecule has 0 saturated heterocycles. The van der Waals surface area contributed by atoms with Crippen molar-refractivity contribution in [3.63, 3.8) is 0 Å². The number of fused-ring (bicyclic) bond motifs is 1. The predicted molar refractivity (Wildman–Crippen MR) is 121 cm³/mol. The number of aromatic nitrogens is 4. The highest BCUT2D eigenvalue weighted by Crippen LogP contribution is 2.27. The Balaban J connectivity index is 0.00000103. The molecule has 2 aromatic heterocycles. The number of nitrogens with zero attached hydrogens (tertiary/aromatic N) is 5. The SMILES string of the molecule is CN1C(=O)CCCN(C(=O)c2cn[nH]c2)CCCNC(=O)c2nn(C)c3c2CC1CC3.O=CO. The first kappa shape index (κ1) is 24.9. The van der Waals surface area contributed by atoms with Gasteiger partial charge in [0.2, 0.25) is 5.91 Å². The average Bonchev–Trinajstić information content (AvgIpc) is 3.47. The zero-order chi connectivity index (χ0) is 24.7. The molecule has 3 amide bonds. The third kappa shape index (κ3) is 5.61. The van der Waals surface area contributed by atoms with Gasteiger partial charge in [-0.05, 0) is 32.1 Å². The van der Waals surface area contributed by atoms with Crippen LogP contribution in [-0.4, -0.2) is 91.8 Å². The van der Waals surface area contributed by atoms with E-state index in [0.29, 0.717) is 56.6 Å². The molecule has 12 nitrogen and oxygen atoms in total. The fraction of sp³-hybridized carbons (Fsp3) is 0.545. The molecule has 184 valence electrons. The van der Waals surface area contributed by atoms with Crippen molar-refractivity contribution in [2.75, 3.05) is 26.7 Å². The van der Waals surface area contributed by atoms with E-state index < -0.39 is 0 Å². The molecule has 2 aliphatic rings. The number of amides is 3. The number of likely N-dealkylation sites (N-methyl/N-ethyl adjacent to an activating group) is 1. The largest absolute Gasteiger partial charge is 0.483 e. The first-order valence-corrected chi connectivity index (χ1v) is 11.3. The molecular formula is C22H31N7O5. The topological polar surface area (TPSA) is 154 Å².